The highest BCUT2D eigenvalue weighted by atomic mass is 32.2. The van der Waals surface area contributed by atoms with Gasteiger partial charge in [0.1, 0.15) is 5.69 Å². The van der Waals surface area contributed by atoms with Gasteiger partial charge in [-0.05, 0) is 12.1 Å². The monoisotopic (exact) mass is 281 g/mol. The first kappa shape index (κ1) is 13.6. The summed E-state index contributed by atoms with van der Waals surface area (Å²) >= 11 is 0. The van der Waals surface area contributed by atoms with Crippen LogP contribution in [0, 0.1) is 0 Å². The van der Waals surface area contributed by atoms with Gasteiger partial charge in [-0.15, -0.1) is 0 Å². The normalized spacial score (nSPS) is 12.1. The number of para-hydroxylation sites is 1. The minimum absolute atomic E-state index is 0.186. The summed E-state index contributed by atoms with van der Waals surface area (Å²) in [6.45, 7) is 0. The molecule has 1 aromatic carbocycles. The van der Waals surface area contributed by atoms with Crippen molar-refractivity contribution in [2.75, 3.05) is 18.2 Å². The summed E-state index contributed by atoms with van der Waals surface area (Å²) < 4.78 is 52.8. The van der Waals surface area contributed by atoms with E-state index in [-0.39, 0.29) is 17.2 Å². The summed E-state index contributed by atoms with van der Waals surface area (Å²) in [7, 11) is -7.49. The topological polar surface area (TPSA) is 113 Å². The molecule has 0 radical (unpaired) electrons. The van der Waals surface area contributed by atoms with Crippen molar-refractivity contribution in [3.8, 4) is 11.5 Å². The largest absolute Gasteiger partial charge is 0.393 e. The Morgan fingerprint density at radius 1 is 0.941 bits per heavy atom. The second-order valence-corrected chi connectivity index (χ2v) is 6.39. The van der Waals surface area contributed by atoms with Crippen LogP contribution in [0.25, 0.3) is 0 Å². The summed E-state index contributed by atoms with van der Waals surface area (Å²) in [6, 6.07) is 3.93. The van der Waals surface area contributed by atoms with Crippen LogP contribution in [0.5, 0.6) is 11.5 Å². The molecule has 96 valence electrons. The van der Waals surface area contributed by atoms with Crippen molar-refractivity contribution < 1.29 is 25.2 Å². The van der Waals surface area contributed by atoms with Gasteiger partial charge in [0, 0.05) is 0 Å². The lowest BCUT2D eigenvalue weighted by Crippen LogP contribution is -2.10. The van der Waals surface area contributed by atoms with Crippen LogP contribution in [0.2, 0.25) is 0 Å². The molecule has 0 atom stereocenters. The highest BCUT2D eigenvalue weighted by molar-refractivity contribution is 7.86. The molecule has 7 nitrogen and oxygen atoms in total. The van der Waals surface area contributed by atoms with Gasteiger partial charge in [-0.3, -0.25) is 0 Å². The molecule has 9 heteroatoms. The Bertz CT molecular complexity index is 567. The van der Waals surface area contributed by atoms with E-state index in [1.165, 1.54) is 18.2 Å². The number of benzene rings is 1. The van der Waals surface area contributed by atoms with E-state index < -0.39 is 20.2 Å². The second-order valence-electron chi connectivity index (χ2n) is 3.24. The SMILES string of the molecule is CS(=O)(=O)Oc1cccc(OS(C)(=O)=O)c1N. The summed E-state index contributed by atoms with van der Waals surface area (Å²) in [5.41, 5.74) is 5.31. The molecule has 0 saturated heterocycles. The Kier molecular flexibility index (Phi) is 3.53. The average Bonchev–Trinajstić information content (AvgIpc) is 2.07. The van der Waals surface area contributed by atoms with Crippen LogP contribution in [0.4, 0.5) is 5.69 Å². The van der Waals surface area contributed by atoms with E-state index >= 15 is 0 Å². The van der Waals surface area contributed by atoms with Crippen molar-refractivity contribution in [1.29, 1.82) is 0 Å². The molecule has 1 rings (SSSR count). The third-order valence-electron chi connectivity index (χ3n) is 1.51. The minimum Gasteiger partial charge on any atom is -0.393 e. The first-order chi connectivity index (χ1) is 7.58. The number of hydrogen-bond donors (Lipinski definition) is 1. The fourth-order valence-electron chi connectivity index (χ4n) is 0.995. The molecule has 1 aromatic rings. The van der Waals surface area contributed by atoms with E-state index in [0.717, 1.165) is 12.5 Å². The van der Waals surface area contributed by atoms with Gasteiger partial charge in [-0.1, -0.05) is 6.07 Å². The molecule has 0 aliphatic carbocycles. The molecule has 0 spiro atoms. The summed E-state index contributed by atoms with van der Waals surface area (Å²) in [5.74, 6) is -0.373. The smallest absolute Gasteiger partial charge is 0.306 e. The van der Waals surface area contributed by atoms with E-state index in [0.29, 0.717) is 0 Å². The Morgan fingerprint density at radius 3 is 1.59 bits per heavy atom. The highest BCUT2D eigenvalue weighted by Crippen LogP contribution is 2.32. The van der Waals surface area contributed by atoms with E-state index in [2.05, 4.69) is 8.37 Å². The number of nitrogens with two attached hydrogens (primary N) is 1. The Balaban J connectivity index is 3.16. The molecule has 0 aliphatic heterocycles. The second kappa shape index (κ2) is 4.41. The molecule has 17 heavy (non-hydrogen) atoms. The van der Waals surface area contributed by atoms with Crippen molar-refractivity contribution in [2.24, 2.45) is 0 Å². The molecule has 0 aliphatic rings. The van der Waals surface area contributed by atoms with E-state index in [1.54, 1.807) is 0 Å². The van der Waals surface area contributed by atoms with E-state index in [4.69, 9.17) is 5.73 Å². The summed E-state index contributed by atoms with van der Waals surface area (Å²) in [5, 5.41) is 0. The first-order valence-electron chi connectivity index (χ1n) is 4.26. The molecular formula is C8H11NO6S2. The Hall–Kier alpha value is -1.48. The third-order valence-corrected chi connectivity index (χ3v) is 2.47. The molecule has 0 aromatic heterocycles. The fourth-order valence-corrected chi connectivity index (χ4v) is 1.94. The maximum atomic E-state index is 10.9. The zero-order chi connectivity index (χ0) is 13.3. The molecule has 2 N–H and O–H groups in total. The van der Waals surface area contributed by atoms with E-state index in [1.807, 2.05) is 0 Å². The molecule has 0 saturated carbocycles. The van der Waals surface area contributed by atoms with Crippen LogP contribution >= 0.6 is 0 Å². The van der Waals surface area contributed by atoms with Gasteiger partial charge >= 0.3 is 20.2 Å². The molecule has 0 unspecified atom stereocenters. The van der Waals surface area contributed by atoms with Gasteiger partial charge in [0.25, 0.3) is 0 Å². The van der Waals surface area contributed by atoms with Crippen LogP contribution in [0.1, 0.15) is 0 Å². The van der Waals surface area contributed by atoms with Crippen LogP contribution in [0.15, 0.2) is 18.2 Å². The molecule has 0 bridgehead atoms. The lowest BCUT2D eigenvalue weighted by Gasteiger charge is -2.10. The molecule has 0 amide bonds. The van der Waals surface area contributed by atoms with Gasteiger partial charge in [-0.25, -0.2) is 0 Å². The predicted molar refractivity (Wildman–Crippen MR) is 61.8 cm³/mol. The lowest BCUT2D eigenvalue weighted by atomic mass is 10.3. The molecular weight excluding hydrogens is 270 g/mol. The lowest BCUT2D eigenvalue weighted by molar-refractivity contribution is 0.485. The number of rotatable bonds is 4. The Labute approximate surface area is 99.4 Å². The standard InChI is InChI=1S/C8H11NO6S2/c1-16(10,11)14-6-4-3-5-7(8(6)9)15-17(2,12)13/h3-5H,9H2,1-2H3. The first-order valence-corrected chi connectivity index (χ1v) is 7.89. The van der Waals surface area contributed by atoms with Gasteiger partial charge in [0.15, 0.2) is 11.5 Å². The molecule has 0 heterocycles. The summed E-state index contributed by atoms with van der Waals surface area (Å²) in [4.78, 5) is 0. The number of hydrogen-bond acceptors (Lipinski definition) is 7. The van der Waals surface area contributed by atoms with Gasteiger partial charge < -0.3 is 14.1 Å². The maximum Gasteiger partial charge on any atom is 0.306 e. The van der Waals surface area contributed by atoms with Crippen molar-refractivity contribution in [3.63, 3.8) is 0 Å². The zero-order valence-electron chi connectivity index (χ0n) is 9.08. The van der Waals surface area contributed by atoms with Crippen LogP contribution in [0.3, 0.4) is 0 Å². The third kappa shape index (κ3) is 4.49. The maximum absolute atomic E-state index is 10.9. The van der Waals surface area contributed by atoms with Crippen LogP contribution in [-0.4, -0.2) is 29.3 Å². The van der Waals surface area contributed by atoms with Gasteiger partial charge in [0.05, 0.1) is 12.5 Å². The highest BCUT2D eigenvalue weighted by Gasteiger charge is 2.14. The summed E-state index contributed by atoms with van der Waals surface area (Å²) in [6.07, 6.45) is 1.69. The van der Waals surface area contributed by atoms with Crippen molar-refractivity contribution in [1.82, 2.24) is 0 Å². The molecule has 0 fully saturated rings. The van der Waals surface area contributed by atoms with Crippen molar-refractivity contribution >= 4 is 25.9 Å². The predicted octanol–water partition coefficient (Wildman–Crippen LogP) is -0.0544. The van der Waals surface area contributed by atoms with Crippen molar-refractivity contribution in [2.45, 2.75) is 0 Å². The Morgan fingerprint density at radius 2 is 1.29 bits per heavy atom. The minimum atomic E-state index is -3.75. The fraction of sp³-hybridized carbons (Fsp3) is 0.250. The number of nitrogen functional groups attached to an aromatic ring is 1. The van der Waals surface area contributed by atoms with Crippen LogP contribution < -0.4 is 14.1 Å². The van der Waals surface area contributed by atoms with E-state index in [9.17, 15) is 16.8 Å². The average molecular weight is 281 g/mol. The quantitative estimate of drug-likeness (QED) is 0.607. The zero-order valence-corrected chi connectivity index (χ0v) is 10.7. The van der Waals surface area contributed by atoms with Gasteiger partial charge in [-0.2, -0.15) is 16.8 Å². The van der Waals surface area contributed by atoms with Crippen LogP contribution in [-0.2, 0) is 20.2 Å². The number of anilines is 1. The van der Waals surface area contributed by atoms with Crippen molar-refractivity contribution in [3.05, 3.63) is 18.2 Å². The van der Waals surface area contributed by atoms with Gasteiger partial charge in [0.2, 0.25) is 0 Å².